The van der Waals surface area contributed by atoms with Gasteiger partial charge < -0.3 is 10.1 Å². The number of aryl methyl sites for hydroxylation is 1. The molecule has 1 amide bonds. The van der Waals surface area contributed by atoms with Crippen LogP contribution in [-0.2, 0) is 14.8 Å². The Morgan fingerprint density at radius 3 is 2.40 bits per heavy atom. The van der Waals surface area contributed by atoms with Gasteiger partial charge in [-0.05, 0) is 68.7 Å². The highest BCUT2D eigenvalue weighted by Crippen LogP contribution is 2.27. The number of sulfonamides is 1. The van der Waals surface area contributed by atoms with E-state index in [9.17, 15) is 13.2 Å². The first kappa shape index (κ1) is 22.3. The number of amides is 1. The van der Waals surface area contributed by atoms with E-state index in [1.165, 1.54) is 22.9 Å². The fourth-order valence-electron chi connectivity index (χ4n) is 3.71. The van der Waals surface area contributed by atoms with Crippen LogP contribution in [0.25, 0.3) is 0 Å². The van der Waals surface area contributed by atoms with Crippen molar-refractivity contribution in [3.05, 3.63) is 54.1 Å². The van der Waals surface area contributed by atoms with E-state index < -0.39 is 16.1 Å². The van der Waals surface area contributed by atoms with Gasteiger partial charge in [0.2, 0.25) is 10.0 Å². The number of hydrogen-bond donors (Lipinski definition) is 1. The first-order chi connectivity index (χ1) is 14.3. The molecule has 7 heteroatoms. The number of anilines is 1. The van der Waals surface area contributed by atoms with Crippen molar-refractivity contribution in [3.8, 4) is 5.75 Å². The molecule has 2 aromatic rings. The molecule has 1 fully saturated rings. The van der Waals surface area contributed by atoms with Gasteiger partial charge in [-0.1, -0.05) is 31.4 Å². The van der Waals surface area contributed by atoms with Crippen LogP contribution in [0.15, 0.2) is 53.4 Å². The third-order valence-corrected chi connectivity index (χ3v) is 7.48. The van der Waals surface area contributed by atoms with Gasteiger partial charge in [0.1, 0.15) is 5.75 Å². The third-order valence-electron chi connectivity index (χ3n) is 5.56. The largest absolute Gasteiger partial charge is 0.481 e. The van der Waals surface area contributed by atoms with Gasteiger partial charge in [-0.2, -0.15) is 4.31 Å². The Labute approximate surface area is 179 Å². The number of carbonyl (C=O) groups is 1. The maximum Gasteiger partial charge on any atom is 0.265 e. The van der Waals surface area contributed by atoms with E-state index >= 15 is 0 Å². The number of benzene rings is 2. The Morgan fingerprint density at radius 2 is 1.77 bits per heavy atom. The van der Waals surface area contributed by atoms with E-state index in [1.54, 1.807) is 32.2 Å². The molecular weight excluding hydrogens is 400 g/mol. The van der Waals surface area contributed by atoms with Crippen LogP contribution in [0.3, 0.4) is 0 Å². The normalized spacial score (nSPS) is 16.3. The number of rotatable bonds is 7. The number of nitrogens with zero attached hydrogens (tertiary/aromatic N) is 1. The molecule has 0 aromatic heterocycles. The van der Waals surface area contributed by atoms with Crippen LogP contribution in [-0.4, -0.2) is 37.8 Å². The minimum atomic E-state index is -3.55. The van der Waals surface area contributed by atoms with Crippen molar-refractivity contribution in [1.82, 2.24) is 4.31 Å². The van der Waals surface area contributed by atoms with Gasteiger partial charge in [0.05, 0.1) is 4.90 Å². The predicted molar refractivity (Wildman–Crippen MR) is 118 cm³/mol. The highest BCUT2D eigenvalue weighted by atomic mass is 32.2. The van der Waals surface area contributed by atoms with Gasteiger partial charge in [-0.15, -0.1) is 0 Å². The smallest absolute Gasteiger partial charge is 0.265 e. The number of nitrogens with one attached hydrogen (secondary N) is 1. The van der Waals surface area contributed by atoms with Crippen molar-refractivity contribution in [1.29, 1.82) is 0 Å². The van der Waals surface area contributed by atoms with Crippen molar-refractivity contribution >= 4 is 21.6 Å². The zero-order chi connectivity index (χ0) is 21.7. The molecule has 0 radical (unpaired) electrons. The van der Waals surface area contributed by atoms with Gasteiger partial charge in [0, 0.05) is 18.8 Å². The molecule has 1 unspecified atom stereocenters. The zero-order valence-electron chi connectivity index (χ0n) is 17.8. The monoisotopic (exact) mass is 430 g/mol. The van der Waals surface area contributed by atoms with E-state index in [2.05, 4.69) is 5.32 Å². The summed E-state index contributed by atoms with van der Waals surface area (Å²) >= 11 is 0. The Kier molecular flexibility index (Phi) is 7.15. The predicted octanol–water partition coefficient (Wildman–Crippen LogP) is 4.35. The average Bonchev–Trinajstić information content (AvgIpc) is 2.74. The fraction of sp³-hybridized carbons (Fsp3) is 0.435. The lowest BCUT2D eigenvalue weighted by atomic mass is 9.96. The summed E-state index contributed by atoms with van der Waals surface area (Å²) in [7, 11) is -1.89. The minimum absolute atomic E-state index is 0.0581. The van der Waals surface area contributed by atoms with Crippen molar-refractivity contribution in [2.45, 2.75) is 63.0 Å². The van der Waals surface area contributed by atoms with E-state index in [0.717, 1.165) is 31.2 Å². The molecule has 0 aliphatic heterocycles. The summed E-state index contributed by atoms with van der Waals surface area (Å²) in [6.45, 7) is 3.63. The molecule has 1 N–H and O–H groups in total. The summed E-state index contributed by atoms with van der Waals surface area (Å²) in [6, 6.07) is 13.9. The standard InChI is InChI=1S/C23H30N2O4S/c1-17-8-7-11-21(16-17)29-18(2)23(26)24-19-12-14-22(15-13-19)30(27,28)25(3)20-9-5-4-6-10-20/h7-8,11-16,18,20H,4-6,9-10H2,1-3H3,(H,24,26). The van der Waals surface area contributed by atoms with Crippen LogP contribution >= 0.6 is 0 Å². The number of carbonyl (C=O) groups excluding carboxylic acids is 1. The van der Waals surface area contributed by atoms with Gasteiger partial charge in [0.15, 0.2) is 6.10 Å². The van der Waals surface area contributed by atoms with E-state index in [4.69, 9.17) is 4.74 Å². The quantitative estimate of drug-likeness (QED) is 0.708. The molecule has 0 saturated heterocycles. The minimum Gasteiger partial charge on any atom is -0.481 e. The highest BCUT2D eigenvalue weighted by Gasteiger charge is 2.29. The molecule has 30 heavy (non-hydrogen) atoms. The summed E-state index contributed by atoms with van der Waals surface area (Å²) in [4.78, 5) is 12.7. The molecule has 0 heterocycles. The second-order valence-electron chi connectivity index (χ2n) is 7.90. The van der Waals surface area contributed by atoms with Crippen molar-refractivity contribution < 1.29 is 17.9 Å². The average molecular weight is 431 g/mol. The molecule has 1 atom stereocenters. The molecule has 6 nitrogen and oxygen atoms in total. The van der Waals surface area contributed by atoms with Crippen LogP contribution in [0.2, 0.25) is 0 Å². The van der Waals surface area contributed by atoms with Gasteiger partial charge in [-0.25, -0.2) is 8.42 Å². The van der Waals surface area contributed by atoms with Crippen LogP contribution in [0, 0.1) is 6.92 Å². The Balaban J connectivity index is 1.62. The topological polar surface area (TPSA) is 75.7 Å². The summed E-state index contributed by atoms with van der Waals surface area (Å²) in [5.41, 5.74) is 1.58. The fourth-order valence-corrected chi connectivity index (χ4v) is 5.12. The summed E-state index contributed by atoms with van der Waals surface area (Å²) in [5, 5.41) is 2.78. The second-order valence-corrected chi connectivity index (χ2v) is 9.90. The van der Waals surface area contributed by atoms with E-state index in [-0.39, 0.29) is 16.8 Å². The second kappa shape index (κ2) is 9.62. The number of ether oxygens (including phenoxy) is 1. The first-order valence-corrected chi connectivity index (χ1v) is 11.8. The van der Waals surface area contributed by atoms with Crippen molar-refractivity contribution in [3.63, 3.8) is 0 Å². The zero-order valence-corrected chi connectivity index (χ0v) is 18.6. The van der Waals surface area contributed by atoms with E-state index in [0.29, 0.717) is 11.4 Å². The van der Waals surface area contributed by atoms with Crippen LogP contribution in [0.4, 0.5) is 5.69 Å². The Bertz CT molecular complexity index is 967. The van der Waals surface area contributed by atoms with Crippen LogP contribution in [0.5, 0.6) is 5.75 Å². The summed E-state index contributed by atoms with van der Waals surface area (Å²) in [5.74, 6) is 0.330. The van der Waals surface area contributed by atoms with Gasteiger partial charge in [-0.3, -0.25) is 4.79 Å². The molecule has 1 aliphatic rings. The van der Waals surface area contributed by atoms with Crippen LogP contribution in [0.1, 0.15) is 44.6 Å². The molecule has 162 valence electrons. The summed E-state index contributed by atoms with van der Waals surface area (Å²) < 4.78 is 33.0. The molecular formula is C23H30N2O4S. The number of hydrogen-bond acceptors (Lipinski definition) is 4. The lowest BCUT2D eigenvalue weighted by Gasteiger charge is -2.30. The first-order valence-electron chi connectivity index (χ1n) is 10.4. The molecule has 1 saturated carbocycles. The summed E-state index contributed by atoms with van der Waals surface area (Å²) in [6.07, 6.45) is 4.43. The van der Waals surface area contributed by atoms with Crippen molar-refractivity contribution in [2.75, 3.05) is 12.4 Å². The lowest BCUT2D eigenvalue weighted by molar-refractivity contribution is -0.122. The maximum atomic E-state index is 12.9. The van der Waals surface area contributed by atoms with Gasteiger partial charge in [0.25, 0.3) is 5.91 Å². The molecule has 1 aliphatic carbocycles. The Morgan fingerprint density at radius 1 is 1.10 bits per heavy atom. The Hall–Kier alpha value is -2.38. The molecule has 0 bridgehead atoms. The molecule has 3 rings (SSSR count). The lowest BCUT2D eigenvalue weighted by Crippen LogP contribution is -2.38. The van der Waals surface area contributed by atoms with Gasteiger partial charge >= 0.3 is 0 Å². The maximum absolute atomic E-state index is 12.9. The van der Waals surface area contributed by atoms with Crippen LogP contribution < -0.4 is 10.1 Å². The molecule has 0 spiro atoms. The SMILES string of the molecule is Cc1cccc(OC(C)C(=O)Nc2ccc(S(=O)(=O)N(C)C3CCCCC3)cc2)c1. The third kappa shape index (κ3) is 5.40. The highest BCUT2D eigenvalue weighted by molar-refractivity contribution is 7.89. The molecule has 2 aromatic carbocycles. The van der Waals surface area contributed by atoms with Crippen molar-refractivity contribution in [2.24, 2.45) is 0 Å². The van der Waals surface area contributed by atoms with E-state index in [1.807, 2.05) is 25.1 Å².